The number of nitrogens with zero attached hydrogens (tertiary/aromatic N) is 1. The molecular formula is C26H30N2O4S. The van der Waals surface area contributed by atoms with E-state index in [1.807, 2.05) is 37.3 Å². The summed E-state index contributed by atoms with van der Waals surface area (Å²) in [5.74, 6) is 0. The Morgan fingerprint density at radius 2 is 1.82 bits per heavy atom. The molecule has 1 fully saturated rings. The number of para-hydroxylation sites is 1. The Morgan fingerprint density at radius 3 is 2.55 bits per heavy atom. The number of rotatable bonds is 6. The average Bonchev–Trinajstić information content (AvgIpc) is 2.98. The summed E-state index contributed by atoms with van der Waals surface area (Å²) >= 11 is 0. The van der Waals surface area contributed by atoms with Crippen molar-refractivity contribution in [2.24, 2.45) is 0 Å². The molecule has 3 atom stereocenters. The first-order valence-electron chi connectivity index (χ1n) is 11.1. The van der Waals surface area contributed by atoms with Gasteiger partial charge in [0, 0.05) is 11.4 Å². The van der Waals surface area contributed by atoms with Crippen LogP contribution in [0.5, 0.6) is 0 Å². The van der Waals surface area contributed by atoms with E-state index < -0.39 is 28.2 Å². The van der Waals surface area contributed by atoms with Crippen molar-refractivity contribution >= 4 is 15.7 Å². The third-order valence-electron chi connectivity index (χ3n) is 6.15. The largest absolute Gasteiger partial charge is 0.389 e. The second-order valence-corrected chi connectivity index (χ2v) is 9.96. The molecule has 2 aromatic rings. The lowest BCUT2D eigenvalue weighted by molar-refractivity contribution is -0.0250. The molecule has 2 N–H and O–H groups in total. The molecule has 4 rings (SSSR count). The summed E-state index contributed by atoms with van der Waals surface area (Å²) in [6, 6.07) is 15.0. The van der Waals surface area contributed by atoms with Gasteiger partial charge in [0.15, 0.2) is 0 Å². The van der Waals surface area contributed by atoms with Gasteiger partial charge in [0.25, 0.3) is 0 Å². The van der Waals surface area contributed by atoms with Crippen LogP contribution in [0.3, 0.4) is 0 Å². The van der Waals surface area contributed by atoms with Gasteiger partial charge in [0.2, 0.25) is 10.0 Å². The lowest BCUT2D eigenvalue weighted by atomic mass is 9.98. The summed E-state index contributed by atoms with van der Waals surface area (Å²) in [6.07, 6.45) is 6.58. The standard InChI is InChI=1S/C26H30N2O4S/c1-3-10-19-15-16-20-11-8-9-14-24(20)28(23(19)4-2)25-18-32-17-22(26(25)29)27-33(30,31)21-12-6-5-7-13-21/h3-14,22,25-27,29H,2,15-18H2,1H3/b10-3-. The summed E-state index contributed by atoms with van der Waals surface area (Å²) in [4.78, 5) is 2.22. The molecule has 6 nitrogen and oxygen atoms in total. The molecule has 2 aliphatic rings. The maximum absolute atomic E-state index is 12.9. The summed E-state index contributed by atoms with van der Waals surface area (Å²) < 4.78 is 34.3. The van der Waals surface area contributed by atoms with Crippen LogP contribution < -0.4 is 9.62 Å². The van der Waals surface area contributed by atoms with E-state index in [0.29, 0.717) is 0 Å². The molecule has 7 heteroatoms. The van der Waals surface area contributed by atoms with Crippen LogP contribution in [0.1, 0.15) is 18.9 Å². The lowest BCUT2D eigenvalue weighted by Crippen LogP contribution is -2.61. The van der Waals surface area contributed by atoms with Gasteiger partial charge < -0.3 is 14.7 Å². The maximum atomic E-state index is 12.9. The van der Waals surface area contributed by atoms with Crippen LogP contribution in [-0.2, 0) is 21.2 Å². The van der Waals surface area contributed by atoms with E-state index in [1.54, 1.807) is 18.2 Å². The molecule has 0 amide bonds. The van der Waals surface area contributed by atoms with E-state index in [-0.39, 0.29) is 18.1 Å². The van der Waals surface area contributed by atoms with Crippen molar-refractivity contribution in [3.63, 3.8) is 0 Å². The summed E-state index contributed by atoms with van der Waals surface area (Å²) in [6.45, 7) is 6.38. The molecule has 0 aromatic heterocycles. The summed E-state index contributed by atoms with van der Waals surface area (Å²) in [7, 11) is -3.81. The van der Waals surface area contributed by atoms with Crippen LogP contribution in [0.2, 0.25) is 0 Å². The number of nitrogens with one attached hydrogen (secondary N) is 1. The molecule has 0 radical (unpaired) electrons. The highest BCUT2D eigenvalue weighted by Crippen LogP contribution is 2.36. The predicted octanol–water partition coefficient (Wildman–Crippen LogP) is 3.56. The molecule has 2 aromatic carbocycles. The quantitative estimate of drug-likeness (QED) is 0.681. The van der Waals surface area contributed by atoms with Gasteiger partial charge in [-0.3, -0.25) is 0 Å². The fraction of sp³-hybridized carbons (Fsp3) is 0.308. The zero-order valence-electron chi connectivity index (χ0n) is 18.7. The molecule has 3 unspecified atom stereocenters. The number of hydrogen-bond donors (Lipinski definition) is 2. The number of sulfonamides is 1. The van der Waals surface area contributed by atoms with Crippen LogP contribution >= 0.6 is 0 Å². The molecule has 0 saturated carbocycles. The molecule has 0 bridgehead atoms. The van der Waals surface area contributed by atoms with Crippen molar-refractivity contribution in [3.8, 4) is 0 Å². The molecule has 0 aliphatic carbocycles. The lowest BCUT2D eigenvalue weighted by Gasteiger charge is -2.43. The SMILES string of the molecule is C=CC1=C(/C=C\C)CCc2ccccc2N1C1COCC(NS(=O)(=O)c2ccccc2)C1O. The highest BCUT2D eigenvalue weighted by molar-refractivity contribution is 7.89. The highest BCUT2D eigenvalue weighted by atomic mass is 32.2. The fourth-order valence-corrected chi connectivity index (χ4v) is 5.83. The Hall–Kier alpha value is -2.71. The van der Waals surface area contributed by atoms with E-state index in [9.17, 15) is 13.5 Å². The minimum Gasteiger partial charge on any atom is -0.389 e. The van der Waals surface area contributed by atoms with Gasteiger partial charge >= 0.3 is 0 Å². The zero-order chi connectivity index (χ0) is 23.4. The highest BCUT2D eigenvalue weighted by Gasteiger charge is 2.40. The Balaban J connectivity index is 1.71. The van der Waals surface area contributed by atoms with Crippen LogP contribution in [0.4, 0.5) is 5.69 Å². The first-order chi connectivity index (χ1) is 16.0. The predicted molar refractivity (Wildman–Crippen MR) is 130 cm³/mol. The van der Waals surface area contributed by atoms with E-state index in [2.05, 4.69) is 28.3 Å². The number of benzene rings is 2. The van der Waals surface area contributed by atoms with E-state index >= 15 is 0 Å². The topological polar surface area (TPSA) is 78.9 Å². The third-order valence-corrected chi connectivity index (χ3v) is 7.65. The minimum atomic E-state index is -3.81. The Labute approximate surface area is 195 Å². The second kappa shape index (κ2) is 10.1. The van der Waals surface area contributed by atoms with Crippen LogP contribution in [0.15, 0.2) is 95.6 Å². The summed E-state index contributed by atoms with van der Waals surface area (Å²) in [5, 5.41) is 11.4. The van der Waals surface area contributed by atoms with Crippen LogP contribution in [0.25, 0.3) is 0 Å². The Morgan fingerprint density at radius 1 is 1.09 bits per heavy atom. The van der Waals surface area contributed by atoms with E-state index in [1.165, 1.54) is 12.1 Å². The molecular weight excluding hydrogens is 436 g/mol. The average molecular weight is 467 g/mol. The monoisotopic (exact) mass is 466 g/mol. The van der Waals surface area contributed by atoms with Crippen molar-refractivity contribution in [1.82, 2.24) is 4.72 Å². The normalized spacial score (nSPS) is 23.9. The van der Waals surface area contributed by atoms with Crippen molar-refractivity contribution in [3.05, 3.63) is 96.2 Å². The number of ether oxygens (including phenoxy) is 1. The van der Waals surface area contributed by atoms with Crippen LogP contribution in [0, 0.1) is 0 Å². The number of allylic oxidation sites excluding steroid dienone is 4. The fourth-order valence-electron chi connectivity index (χ4n) is 4.57. The van der Waals surface area contributed by atoms with Gasteiger partial charge in [-0.25, -0.2) is 13.1 Å². The number of aliphatic hydroxyl groups is 1. The smallest absolute Gasteiger partial charge is 0.240 e. The number of fused-ring (bicyclic) bond motifs is 1. The zero-order valence-corrected chi connectivity index (χ0v) is 19.5. The first kappa shape index (κ1) is 23.4. The van der Waals surface area contributed by atoms with Crippen molar-refractivity contribution in [2.75, 3.05) is 18.1 Å². The number of hydrogen-bond acceptors (Lipinski definition) is 5. The molecule has 0 spiro atoms. The third kappa shape index (κ3) is 4.82. The van der Waals surface area contributed by atoms with E-state index in [0.717, 1.165) is 35.4 Å². The first-order valence-corrected chi connectivity index (χ1v) is 12.6. The molecule has 33 heavy (non-hydrogen) atoms. The molecule has 2 heterocycles. The van der Waals surface area contributed by atoms with Crippen molar-refractivity contribution in [2.45, 2.75) is 42.8 Å². The van der Waals surface area contributed by atoms with Gasteiger partial charge in [0.1, 0.15) is 0 Å². The Bertz CT molecular complexity index is 1160. The van der Waals surface area contributed by atoms with E-state index in [4.69, 9.17) is 4.74 Å². The van der Waals surface area contributed by atoms with Crippen molar-refractivity contribution < 1.29 is 18.3 Å². The van der Waals surface area contributed by atoms with Gasteiger partial charge in [-0.1, -0.05) is 55.1 Å². The summed E-state index contributed by atoms with van der Waals surface area (Å²) in [5.41, 5.74) is 4.15. The minimum absolute atomic E-state index is 0.0913. The van der Waals surface area contributed by atoms with Gasteiger partial charge in [0.05, 0.1) is 36.3 Å². The number of aryl methyl sites for hydroxylation is 1. The van der Waals surface area contributed by atoms with Crippen molar-refractivity contribution in [1.29, 1.82) is 0 Å². The number of anilines is 1. The second-order valence-electron chi connectivity index (χ2n) is 8.25. The van der Waals surface area contributed by atoms with Gasteiger partial charge in [-0.05, 0) is 55.2 Å². The van der Waals surface area contributed by atoms with Gasteiger partial charge in [-0.2, -0.15) is 0 Å². The Kier molecular flexibility index (Phi) is 7.14. The molecule has 2 aliphatic heterocycles. The molecule has 1 saturated heterocycles. The molecule has 174 valence electrons. The number of aliphatic hydroxyl groups excluding tert-OH is 1. The van der Waals surface area contributed by atoms with Crippen LogP contribution in [-0.4, -0.2) is 44.9 Å². The maximum Gasteiger partial charge on any atom is 0.240 e. The van der Waals surface area contributed by atoms with Gasteiger partial charge in [-0.15, -0.1) is 0 Å².